The number of esters is 1. The van der Waals surface area contributed by atoms with Crippen molar-refractivity contribution in [1.29, 1.82) is 0 Å². The maximum atomic E-state index is 12.0. The highest BCUT2D eigenvalue weighted by molar-refractivity contribution is 5.72. The van der Waals surface area contributed by atoms with Crippen LogP contribution in [0.1, 0.15) is 24.5 Å². The SMILES string of the molecule is CC(OC(=O)Cc1ccccc1)c1nc(-c2cccnc2)no1. The molecular formula is C17H15N3O3. The van der Waals surface area contributed by atoms with Crippen LogP contribution in [-0.2, 0) is 16.0 Å². The molecule has 0 radical (unpaired) electrons. The molecule has 0 fully saturated rings. The fourth-order valence-corrected chi connectivity index (χ4v) is 2.06. The van der Waals surface area contributed by atoms with E-state index in [0.29, 0.717) is 5.82 Å². The average molecular weight is 309 g/mol. The molecule has 0 saturated carbocycles. The van der Waals surface area contributed by atoms with Crippen LogP contribution in [0.5, 0.6) is 0 Å². The number of ether oxygens (including phenoxy) is 1. The first kappa shape index (κ1) is 14.9. The Morgan fingerprint density at radius 1 is 1.22 bits per heavy atom. The van der Waals surface area contributed by atoms with E-state index >= 15 is 0 Å². The molecule has 3 rings (SSSR count). The highest BCUT2D eigenvalue weighted by Crippen LogP contribution is 2.20. The van der Waals surface area contributed by atoms with Crippen molar-refractivity contribution in [2.75, 3.05) is 0 Å². The summed E-state index contributed by atoms with van der Waals surface area (Å²) in [5, 5.41) is 3.88. The second-order valence-electron chi connectivity index (χ2n) is 4.99. The maximum absolute atomic E-state index is 12.0. The van der Waals surface area contributed by atoms with E-state index in [2.05, 4.69) is 15.1 Å². The summed E-state index contributed by atoms with van der Waals surface area (Å²) in [7, 11) is 0. The topological polar surface area (TPSA) is 78.1 Å². The summed E-state index contributed by atoms with van der Waals surface area (Å²) >= 11 is 0. The number of benzene rings is 1. The lowest BCUT2D eigenvalue weighted by atomic mass is 10.1. The monoisotopic (exact) mass is 309 g/mol. The Morgan fingerprint density at radius 3 is 2.78 bits per heavy atom. The van der Waals surface area contributed by atoms with Crippen molar-refractivity contribution >= 4 is 5.97 Å². The first-order valence-electron chi connectivity index (χ1n) is 7.20. The zero-order valence-corrected chi connectivity index (χ0v) is 12.5. The van der Waals surface area contributed by atoms with Crippen molar-refractivity contribution in [3.63, 3.8) is 0 Å². The fourth-order valence-electron chi connectivity index (χ4n) is 2.06. The largest absolute Gasteiger partial charge is 0.452 e. The van der Waals surface area contributed by atoms with Crippen LogP contribution in [0.2, 0.25) is 0 Å². The molecule has 116 valence electrons. The molecule has 0 aliphatic heterocycles. The molecule has 0 aliphatic rings. The molecule has 23 heavy (non-hydrogen) atoms. The molecule has 2 heterocycles. The van der Waals surface area contributed by atoms with E-state index in [0.717, 1.165) is 11.1 Å². The summed E-state index contributed by atoms with van der Waals surface area (Å²) < 4.78 is 10.5. The van der Waals surface area contributed by atoms with Gasteiger partial charge < -0.3 is 9.26 Å². The Morgan fingerprint density at radius 2 is 2.04 bits per heavy atom. The number of hydrogen-bond donors (Lipinski definition) is 0. The van der Waals surface area contributed by atoms with Gasteiger partial charge in [-0.15, -0.1) is 0 Å². The first-order valence-corrected chi connectivity index (χ1v) is 7.20. The predicted octanol–water partition coefficient (Wildman–Crippen LogP) is 2.98. The number of carbonyl (C=O) groups excluding carboxylic acids is 1. The molecular weight excluding hydrogens is 294 g/mol. The van der Waals surface area contributed by atoms with Crippen molar-refractivity contribution in [2.45, 2.75) is 19.4 Å². The molecule has 1 unspecified atom stereocenters. The zero-order chi connectivity index (χ0) is 16.1. The molecule has 0 bridgehead atoms. The summed E-state index contributed by atoms with van der Waals surface area (Å²) in [6.45, 7) is 1.70. The van der Waals surface area contributed by atoms with Gasteiger partial charge in [-0.3, -0.25) is 9.78 Å². The highest BCUT2D eigenvalue weighted by atomic mass is 16.6. The van der Waals surface area contributed by atoms with Crippen LogP contribution in [0.25, 0.3) is 11.4 Å². The predicted molar refractivity (Wildman–Crippen MR) is 82.2 cm³/mol. The highest BCUT2D eigenvalue weighted by Gasteiger charge is 2.19. The number of carbonyl (C=O) groups is 1. The minimum Gasteiger partial charge on any atom is -0.452 e. The van der Waals surface area contributed by atoms with Crippen LogP contribution in [0, 0.1) is 0 Å². The normalized spacial score (nSPS) is 11.9. The van der Waals surface area contributed by atoms with Crippen LogP contribution in [0.15, 0.2) is 59.4 Å². The standard InChI is InChI=1S/C17H15N3O3/c1-12(22-15(21)10-13-6-3-2-4-7-13)17-19-16(20-23-17)14-8-5-9-18-11-14/h2-9,11-12H,10H2,1H3. The van der Waals surface area contributed by atoms with Gasteiger partial charge in [0, 0.05) is 18.0 Å². The summed E-state index contributed by atoms with van der Waals surface area (Å²) in [4.78, 5) is 20.2. The summed E-state index contributed by atoms with van der Waals surface area (Å²) in [5.74, 6) is 0.328. The van der Waals surface area contributed by atoms with E-state index in [1.165, 1.54) is 0 Å². The van der Waals surface area contributed by atoms with Crippen LogP contribution < -0.4 is 0 Å². The number of hydrogen-bond acceptors (Lipinski definition) is 6. The Labute approximate surface area is 133 Å². The molecule has 0 saturated heterocycles. The maximum Gasteiger partial charge on any atom is 0.311 e. The van der Waals surface area contributed by atoms with Gasteiger partial charge in [0.25, 0.3) is 5.89 Å². The lowest BCUT2D eigenvalue weighted by Crippen LogP contribution is -2.11. The van der Waals surface area contributed by atoms with Crippen LogP contribution >= 0.6 is 0 Å². The van der Waals surface area contributed by atoms with Gasteiger partial charge in [0.2, 0.25) is 5.82 Å². The molecule has 6 heteroatoms. The van der Waals surface area contributed by atoms with Crippen molar-refractivity contribution in [3.8, 4) is 11.4 Å². The lowest BCUT2D eigenvalue weighted by Gasteiger charge is -2.08. The van der Waals surface area contributed by atoms with Crippen molar-refractivity contribution in [3.05, 3.63) is 66.3 Å². The molecule has 0 aliphatic carbocycles. The second-order valence-corrected chi connectivity index (χ2v) is 4.99. The minimum absolute atomic E-state index is 0.203. The van der Waals surface area contributed by atoms with Gasteiger partial charge in [0.1, 0.15) is 0 Å². The van der Waals surface area contributed by atoms with E-state index in [-0.39, 0.29) is 18.3 Å². The summed E-state index contributed by atoms with van der Waals surface area (Å²) in [6, 6.07) is 13.0. The average Bonchev–Trinajstić information content (AvgIpc) is 3.06. The molecule has 2 aromatic heterocycles. The van der Waals surface area contributed by atoms with Gasteiger partial charge in [-0.25, -0.2) is 0 Å². The number of aromatic nitrogens is 3. The Bertz CT molecular complexity index is 772. The van der Waals surface area contributed by atoms with Crippen LogP contribution in [0.4, 0.5) is 0 Å². The van der Waals surface area contributed by atoms with Gasteiger partial charge in [-0.2, -0.15) is 4.98 Å². The van der Waals surface area contributed by atoms with Gasteiger partial charge in [-0.05, 0) is 24.6 Å². The molecule has 1 aromatic carbocycles. The van der Waals surface area contributed by atoms with E-state index in [1.54, 1.807) is 25.4 Å². The summed E-state index contributed by atoms with van der Waals surface area (Å²) in [6.07, 6.45) is 2.90. The third kappa shape index (κ3) is 3.79. The smallest absolute Gasteiger partial charge is 0.311 e. The molecule has 6 nitrogen and oxygen atoms in total. The first-order chi connectivity index (χ1) is 11.2. The van der Waals surface area contributed by atoms with Gasteiger partial charge >= 0.3 is 5.97 Å². The minimum atomic E-state index is -0.607. The van der Waals surface area contributed by atoms with Crippen LogP contribution in [0.3, 0.4) is 0 Å². The van der Waals surface area contributed by atoms with E-state index in [9.17, 15) is 4.79 Å². The van der Waals surface area contributed by atoms with Gasteiger partial charge in [0.05, 0.1) is 6.42 Å². The molecule has 1 atom stereocenters. The Balaban J connectivity index is 1.63. The number of pyridine rings is 1. The zero-order valence-electron chi connectivity index (χ0n) is 12.5. The Hall–Kier alpha value is -3.02. The number of nitrogens with zero attached hydrogens (tertiary/aromatic N) is 3. The van der Waals surface area contributed by atoms with Crippen molar-refractivity contribution in [1.82, 2.24) is 15.1 Å². The van der Waals surface area contributed by atoms with E-state index in [1.807, 2.05) is 36.4 Å². The summed E-state index contributed by atoms with van der Waals surface area (Å²) in [5.41, 5.74) is 1.64. The molecule has 0 spiro atoms. The van der Waals surface area contributed by atoms with E-state index < -0.39 is 6.10 Å². The van der Waals surface area contributed by atoms with Crippen LogP contribution in [-0.4, -0.2) is 21.1 Å². The molecule has 0 amide bonds. The number of rotatable bonds is 5. The second kappa shape index (κ2) is 6.83. The quantitative estimate of drug-likeness (QED) is 0.674. The van der Waals surface area contributed by atoms with Gasteiger partial charge in [-0.1, -0.05) is 35.5 Å². The van der Waals surface area contributed by atoms with E-state index in [4.69, 9.17) is 9.26 Å². The third-order valence-electron chi connectivity index (χ3n) is 3.21. The van der Waals surface area contributed by atoms with Crippen molar-refractivity contribution < 1.29 is 14.1 Å². The fraction of sp³-hybridized carbons (Fsp3) is 0.176. The lowest BCUT2D eigenvalue weighted by molar-refractivity contribution is -0.148. The Kier molecular flexibility index (Phi) is 4.42. The molecule has 3 aromatic rings. The third-order valence-corrected chi connectivity index (χ3v) is 3.21. The van der Waals surface area contributed by atoms with Gasteiger partial charge in [0.15, 0.2) is 6.10 Å². The van der Waals surface area contributed by atoms with Crippen molar-refractivity contribution in [2.24, 2.45) is 0 Å². The molecule has 0 N–H and O–H groups in total.